The van der Waals surface area contributed by atoms with Crippen molar-refractivity contribution in [1.29, 1.82) is 0 Å². The van der Waals surface area contributed by atoms with E-state index in [-0.39, 0.29) is 5.91 Å². The van der Waals surface area contributed by atoms with Crippen molar-refractivity contribution < 1.29 is 14.3 Å². The molecule has 25 heavy (non-hydrogen) atoms. The molecule has 0 aliphatic heterocycles. The van der Waals surface area contributed by atoms with Gasteiger partial charge in [-0.15, -0.1) is 0 Å². The lowest BCUT2D eigenvalue weighted by atomic mass is 9.78. The van der Waals surface area contributed by atoms with E-state index in [4.69, 9.17) is 9.47 Å². The number of aryl methyl sites for hydroxylation is 1. The number of pyridine rings is 1. The zero-order chi connectivity index (χ0) is 18.3. The standard InChI is InChI=1S/C20H32N2O3/c1-5-7-13-24-18-11-10-17(16(4)21-18)22-19(23)20(25-6-2)12-8-9-15(3)14-20/h10-11,15H,5-9,12-14H2,1-4H3,(H,22,23)/t15-,20-/m1/s1. The van der Waals surface area contributed by atoms with Gasteiger partial charge in [0, 0.05) is 12.7 Å². The molecule has 0 radical (unpaired) electrons. The summed E-state index contributed by atoms with van der Waals surface area (Å²) in [5, 5.41) is 3.04. The zero-order valence-corrected chi connectivity index (χ0v) is 16.1. The maximum atomic E-state index is 13.0. The lowest BCUT2D eigenvalue weighted by Crippen LogP contribution is -2.48. The molecule has 1 aromatic heterocycles. The van der Waals surface area contributed by atoms with E-state index < -0.39 is 5.60 Å². The van der Waals surface area contributed by atoms with E-state index in [0.717, 1.165) is 49.9 Å². The van der Waals surface area contributed by atoms with Crippen molar-refractivity contribution in [2.24, 2.45) is 5.92 Å². The molecule has 0 bridgehead atoms. The number of nitrogens with zero attached hydrogens (tertiary/aromatic N) is 1. The first-order valence-corrected chi connectivity index (χ1v) is 9.56. The van der Waals surface area contributed by atoms with Crippen molar-refractivity contribution in [3.63, 3.8) is 0 Å². The molecular weight excluding hydrogens is 316 g/mol. The zero-order valence-electron chi connectivity index (χ0n) is 16.1. The number of unbranched alkanes of at least 4 members (excludes halogenated alkanes) is 1. The number of aromatic nitrogens is 1. The van der Waals surface area contributed by atoms with Gasteiger partial charge >= 0.3 is 0 Å². The van der Waals surface area contributed by atoms with Crippen LogP contribution in [0, 0.1) is 12.8 Å². The summed E-state index contributed by atoms with van der Waals surface area (Å²) in [6, 6.07) is 3.68. The maximum absolute atomic E-state index is 13.0. The number of carbonyl (C=O) groups is 1. The molecule has 0 saturated heterocycles. The Balaban J connectivity index is 2.07. The Hall–Kier alpha value is -1.62. The molecule has 0 unspecified atom stereocenters. The second-order valence-corrected chi connectivity index (χ2v) is 7.07. The molecule has 1 heterocycles. The van der Waals surface area contributed by atoms with E-state index in [9.17, 15) is 4.79 Å². The molecule has 1 saturated carbocycles. The van der Waals surface area contributed by atoms with Gasteiger partial charge in [-0.3, -0.25) is 4.79 Å². The predicted octanol–water partition coefficient (Wildman–Crippen LogP) is 4.49. The molecule has 140 valence electrons. The monoisotopic (exact) mass is 348 g/mol. The number of hydrogen-bond acceptors (Lipinski definition) is 4. The van der Waals surface area contributed by atoms with Gasteiger partial charge in [-0.05, 0) is 51.5 Å². The molecule has 2 atom stereocenters. The van der Waals surface area contributed by atoms with Gasteiger partial charge < -0.3 is 14.8 Å². The molecule has 1 amide bonds. The van der Waals surface area contributed by atoms with Crippen LogP contribution in [0.3, 0.4) is 0 Å². The average molecular weight is 348 g/mol. The smallest absolute Gasteiger partial charge is 0.256 e. The number of rotatable bonds is 8. The van der Waals surface area contributed by atoms with Crippen LogP contribution in [0.2, 0.25) is 0 Å². The van der Waals surface area contributed by atoms with Crippen molar-refractivity contribution in [2.45, 2.75) is 71.8 Å². The fraction of sp³-hybridized carbons (Fsp3) is 0.700. The summed E-state index contributed by atoms with van der Waals surface area (Å²) in [6.07, 6.45) is 5.83. The molecule has 1 aliphatic carbocycles. The van der Waals surface area contributed by atoms with Gasteiger partial charge in [0.15, 0.2) is 0 Å². The van der Waals surface area contributed by atoms with Crippen LogP contribution in [0.1, 0.15) is 65.0 Å². The van der Waals surface area contributed by atoms with Crippen LogP contribution in [-0.2, 0) is 9.53 Å². The van der Waals surface area contributed by atoms with E-state index in [2.05, 4.69) is 24.1 Å². The third-order valence-electron chi connectivity index (χ3n) is 4.85. The second-order valence-electron chi connectivity index (χ2n) is 7.07. The maximum Gasteiger partial charge on any atom is 0.256 e. The van der Waals surface area contributed by atoms with Gasteiger partial charge in [0.1, 0.15) is 5.60 Å². The Labute approximate surface area is 151 Å². The minimum absolute atomic E-state index is 0.0505. The second kappa shape index (κ2) is 9.18. The molecule has 1 aromatic rings. The van der Waals surface area contributed by atoms with Gasteiger partial charge in [0.25, 0.3) is 5.91 Å². The summed E-state index contributed by atoms with van der Waals surface area (Å²) < 4.78 is 11.6. The molecule has 1 aliphatic rings. The van der Waals surface area contributed by atoms with E-state index in [1.807, 2.05) is 26.0 Å². The lowest BCUT2D eigenvalue weighted by molar-refractivity contribution is -0.147. The third-order valence-corrected chi connectivity index (χ3v) is 4.85. The number of ether oxygens (including phenoxy) is 2. The van der Waals surface area contributed by atoms with Crippen molar-refractivity contribution in [3.05, 3.63) is 17.8 Å². The van der Waals surface area contributed by atoms with Crippen LogP contribution < -0.4 is 10.1 Å². The third kappa shape index (κ3) is 5.18. The fourth-order valence-electron chi connectivity index (χ4n) is 3.49. The Kier molecular flexibility index (Phi) is 7.24. The average Bonchev–Trinajstić information content (AvgIpc) is 2.57. The Morgan fingerprint density at radius 3 is 2.84 bits per heavy atom. The van der Waals surface area contributed by atoms with Crippen LogP contribution in [0.4, 0.5) is 5.69 Å². The van der Waals surface area contributed by atoms with Gasteiger partial charge in [-0.2, -0.15) is 0 Å². The number of anilines is 1. The molecule has 5 nitrogen and oxygen atoms in total. The quantitative estimate of drug-likeness (QED) is 0.703. The van der Waals surface area contributed by atoms with E-state index in [1.54, 1.807) is 0 Å². The topological polar surface area (TPSA) is 60.5 Å². The fourth-order valence-corrected chi connectivity index (χ4v) is 3.49. The van der Waals surface area contributed by atoms with Crippen molar-refractivity contribution in [1.82, 2.24) is 4.98 Å². The highest BCUT2D eigenvalue weighted by atomic mass is 16.5. The van der Waals surface area contributed by atoms with E-state index >= 15 is 0 Å². The van der Waals surface area contributed by atoms with Crippen LogP contribution in [0.15, 0.2) is 12.1 Å². The highest BCUT2D eigenvalue weighted by molar-refractivity contribution is 5.97. The number of amides is 1. The molecule has 1 N–H and O–H groups in total. The van der Waals surface area contributed by atoms with Crippen molar-refractivity contribution in [3.8, 4) is 5.88 Å². The Morgan fingerprint density at radius 1 is 1.40 bits per heavy atom. The SMILES string of the molecule is CCCCOc1ccc(NC(=O)[C@@]2(OCC)CCC[C@@H](C)C2)c(C)n1. The van der Waals surface area contributed by atoms with Gasteiger partial charge in [0.2, 0.25) is 5.88 Å². The molecule has 5 heteroatoms. The van der Waals surface area contributed by atoms with Crippen LogP contribution in [0.5, 0.6) is 5.88 Å². The highest BCUT2D eigenvalue weighted by Crippen LogP contribution is 2.36. The summed E-state index contributed by atoms with van der Waals surface area (Å²) in [6.45, 7) is 9.36. The molecule has 2 rings (SSSR count). The molecule has 0 aromatic carbocycles. The lowest BCUT2D eigenvalue weighted by Gasteiger charge is -2.38. The van der Waals surface area contributed by atoms with Gasteiger partial charge in [0.05, 0.1) is 18.0 Å². The number of hydrogen-bond donors (Lipinski definition) is 1. The molecular formula is C20H32N2O3. The first-order valence-electron chi connectivity index (χ1n) is 9.56. The summed E-state index contributed by atoms with van der Waals surface area (Å²) >= 11 is 0. The summed E-state index contributed by atoms with van der Waals surface area (Å²) in [7, 11) is 0. The molecule has 0 spiro atoms. The van der Waals surface area contributed by atoms with E-state index in [1.165, 1.54) is 0 Å². The first kappa shape index (κ1) is 19.7. The highest BCUT2D eigenvalue weighted by Gasteiger charge is 2.42. The minimum atomic E-state index is -0.713. The molecule has 1 fully saturated rings. The predicted molar refractivity (Wildman–Crippen MR) is 100.0 cm³/mol. The summed E-state index contributed by atoms with van der Waals surface area (Å²) in [4.78, 5) is 17.4. The van der Waals surface area contributed by atoms with Crippen molar-refractivity contribution in [2.75, 3.05) is 18.5 Å². The summed E-state index contributed by atoms with van der Waals surface area (Å²) in [5.41, 5.74) is 0.776. The van der Waals surface area contributed by atoms with Crippen LogP contribution >= 0.6 is 0 Å². The van der Waals surface area contributed by atoms with Gasteiger partial charge in [-0.25, -0.2) is 4.98 Å². The minimum Gasteiger partial charge on any atom is -0.478 e. The largest absolute Gasteiger partial charge is 0.478 e. The normalized spacial score (nSPS) is 23.3. The first-order chi connectivity index (χ1) is 12.0. The van der Waals surface area contributed by atoms with Gasteiger partial charge in [-0.1, -0.05) is 26.7 Å². The summed E-state index contributed by atoms with van der Waals surface area (Å²) in [5.74, 6) is 1.06. The number of nitrogens with one attached hydrogen (secondary N) is 1. The Bertz CT molecular complexity index is 572. The van der Waals surface area contributed by atoms with E-state index in [0.29, 0.717) is 25.0 Å². The van der Waals surface area contributed by atoms with Crippen LogP contribution in [-0.4, -0.2) is 29.7 Å². The van der Waals surface area contributed by atoms with Crippen molar-refractivity contribution >= 4 is 11.6 Å². The van der Waals surface area contributed by atoms with Crippen LogP contribution in [0.25, 0.3) is 0 Å². The number of carbonyl (C=O) groups excluding carboxylic acids is 1. The Morgan fingerprint density at radius 2 is 2.20 bits per heavy atom.